The van der Waals surface area contributed by atoms with Crippen LogP contribution in [-0.4, -0.2) is 22.4 Å². The minimum Gasteiger partial charge on any atom is -0.396 e. The van der Waals surface area contributed by atoms with Crippen molar-refractivity contribution >= 4 is 0 Å². The highest BCUT2D eigenvalue weighted by Crippen LogP contribution is 2.47. The van der Waals surface area contributed by atoms with Gasteiger partial charge in [0.25, 0.3) is 0 Å². The van der Waals surface area contributed by atoms with E-state index in [-0.39, 0.29) is 6.61 Å². The summed E-state index contributed by atoms with van der Waals surface area (Å²) < 4.78 is 0. The van der Waals surface area contributed by atoms with Gasteiger partial charge < -0.3 is 10.2 Å². The fraction of sp³-hybridized carbons (Fsp3) is 0.500. The lowest BCUT2D eigenvalue weighted by atomic mass is 10.0. The molecule has 1 aliphatic carbocycles. The molecule has 2 heteroatoms. The highest BCUT2D eigenvalue weighted by molar-refractivity contribution is 5.20. The van der Waals surface area contributed by atoms with Gasteiger partial charge >= 0.3 is 0 Å². The van der Waals surface area contributed by atoms with E-state index in [2.05, 4.69) is 0 Å². The van der Waals surface area contributed by atoms with E-state index in [4.69, 9.17) is 5.11 Å². The summed E-state index contributed by atoms with van der Waals surface area (Å²) in [7, 11) is 0. The van der Waals surface area contributed by atoms with Crippen molar-refractivity contribution in [3.05, 3.63) is 35.9 Å². The molecule has 76 valence electrons. The van der Waals surface area contributed by atoms with Gasteiger partial charge in [0.05, 0.1) is 5.60 Å². The quantitative estimate of drug-likeness (QED) is 0.756. The lowest BCUT2D eigenvalue weighted by Crippen LogP contribution is -2.15. The molecule has 1 aliphatic rings. The van der Waals surface area contributed by atoms with E-state index in [0.29, 0.717) is 5.92 Å². The predicted octanol–water partition coefficient (Wildman–Crippen LogP) is 1.36. The molecule has 0 aromatic heterocycles. The van der Waals surface area contributed by atoms with Crippen LogP contribution < -0.4 is 0 Å². The van der Waals surface area contributed by atoms with Crippen LogP contribution in [-0.2, 0) is 6.42 Å². The van der Waals surface area contributed by atoms with Gasteiger partial charge in [-0.15, -0.1) is 0 Å². The van der Waals surface area contributed by atoms with E-state index >= 15 is 0 Å². The van der Waals surface area contributed by atoms with Crippen molar-refractivity contribution < 1.29 is 10.2 Å². The lowest BCUT2D eigenvalue weighted by molar-refractivity contribution is 0.123. The Morgan fingerprint density at radius 2 is 2.00 bits per heavy atom. The summed E-state index contributed by atoms with van der Waals surface area (Å²) in [6.07, 6.45) is 2.28. The van der Waals surface area contributed by atoms with Crippen LogP contribution in [0.4, 0.5) is 0 Å². The summed E-state index contributed by atoms with van der Waals surface area (Å²) in [5, 5.41) is 18.8. The Kier molecular flexibility index (Phi) is 2.57. The zero-order valence-electron chi connectivity index (χ0n) is 8.19. The third kappa shape index (κ3) is 1.97. The first-order chi connectivity index (χ1) is 6.74. The number of aliphatic hydroxyl groups excluding tert-OH is 1. The zero-order valence-corrected chi connectivity index (χ0v) is 8.19. The molecule has 2 nitrogen and oxygen atoms in total. The van der Waals surface area contributed by atoms with Crippen LogP contribution in [0, 0.1) is 5.92 Å². The van der Waals surface area contributed by atoms with Gasteiger partial charge in [0.2, 0.25) is 0 Å². The fourth-order valence-corrected chi connectivity index (χ4v) is 2.06. The van der Waals surface area contributed by atoms with Gasteiger partial charge in [0.15, 0.2) is 0 Å². The van der Waals surface area contributed by atoms with Crippen molar-refractivity contribution in [1.82, 2.24) is 0 Å². The van der Waals surface area contributed by atoms with Crippen molar-refractivity contribution in [2.24, 2.45) is 5.92 Å². The average Bonchev–Trinajstić information content (AvgIpc) is 2.78. The summed E-state index contributed by atoms with van der Waals surface area (Å²) in [4.78, 5) is 0. The summed E-state index contributed by atoms with van der Waals surface area (Å²) >= 11 is 0. The largest absolute Gasteiger partial charge is 0.396 e. The van der Waals surface area contributed by atoms with E-state index in [0.717, 1.165) is 19.3 Å². The van der Waals surface area contributed by atoms with Gasteiger partial charge in [0.1, 0.15) is 0 Å². The summed E-state index contributed by atoms with van der Waals surface area (Å²) in [5.74, 6) is 0.299. The molecule has 0 bridgehead atoms. The Balaban J connectivity index is 1.94. The Morgan fingerprint density at radius 1 is 1.29 bits per heavy atom. The van der Waals surface area contributed by atoms with Crippen LogP contribution in [0.5, 0.6) is 0 Å². The minimum atomic E-state index is -0.538. The molecule has 1 saturated carbocycles. The molecule has 1 aromatic carbocycles. The van der Waals surface area contributed by atoms with E-state index in [1.165, 1.54) is 5.56 Å². The Bertz CT molecular complexity index is 296. The highest BCUT2D eigenvalue weighted by Gasteiger charge is 2.51. The fourth-order valence-electron chi connectivity index (χ4n) is 2.06. The number of rotatable bonds is 4. The minimum absolute atomic E-state index is 0.182. The topological polar surface area (TPSA) is 40.5 Å². The molecular formula is C12H16O2. The van der Waals surface area contributed by atoms with Gasteiger partial charge in [-0.2, -0.15) is 0 Å². The first-order valence-electron chi connectivity index (χ1n) is 5.12. The molecule has 0 saturated heterocycles. The molecular weight excluding hydrogens is 176 g/mol. The standard InChI is InChI=1S/C12H16O2/c13-7-6-11-9-12(11,14)8-10-4-2-1-3-5-10/h1-5,11,13-14H,6-9H2/t11-,12+/m0/s1. The van der Waals surface area contributed by atoms with Gasteiger partial charge in [-0.3, -0.25) is 0 Å². The number of hydrogen-bond acceptors (Lipinski definition) is 2. The summed E-state index contributed by atoms with van der Waals surface area (Å²) in [6, 6.07) is 10.0. The van der Waals surface area contributed by atoms with Crippen molar-refractivity contribution in [2.45, 2.75) is 24.9 Å². The third-order valence-electron chi connectivity index (χ3n) is 3.03. The van der Waals surface area contributed by atoms with Gasteiger partial charge in [-0.05, 0) is 24.3 Å². The maximum atomic E-state index is 10.1. The second-order valence-electron chi connectivity index (χ2n) is 4.18. The Morgan fingerprint density at radius 3 is 2.64 bits per heavy atom. The molecule has 1 aromatic rings. The van der Waals surface area contributed by atoms with Crippen molar-refractivity contribution in [1.29, 1.82) is 0 Å². The molecule has 2 N–H and O–H groups in total. The number of hydrogen-bond donors (Lipinski definition) is 2. The Hall–Kier alpha value is -0.860. The molecule has 2 atom stereocenters. The van der Waals surface area contributed by atoms with Crippen molar-refractivity contribution in [2.75, 3.05) is 6.61 Å². The van der Waals surface area contributed by atoms with E-state index < -0.39 is 5.60 Å². The number of aliphatic hydroxyl groups is 2. The van der Waals surface area contributed by atoms with Crippen LogP contribution in [0.25, 0.3) is 0 Å². The first kappa shape index (κ1) is 9.69. The smallest absolute Gasteiger partial charge is 0.0721 e. The Labute approximate surface area is 84.2 Å². The lowest BCUT2D eigenvalue weighted by Gasteiger charge is -2.09. The van der Waals surface area contributed by atoms with Crippen molar-refractivity contribution in [3.63, 3.8) is 0 Å². The molecule has 0 radical (unpaired) electrons. The van der Waals surface area contributed by atoms with E-state index in [9.17, 15) is 5.11 Å². The zero-order chi connectivity index (χ0) is 10.0. The summed E-state index contributed by atoms with van der Waals surface area (Å²) in [5.41, 5.74) is 0.639. The molecule has 14 heavy (non-hydrogen) atoms. The number of benzene rings is 1. The third-order valence-corrected chi connectivity index (χ3v) is 3.03. The second kappa shape index (κ2) is 3.71. The molecule has 0 amide bonds. The monoisotopic (exact) mass is 192 g/mol. The van der Waals surface area contributed by atoms with Gasteiger partial charge in [-0.25, -0.2) is 0 Å². The van der Waals surface area contributed by atoms with E-state index in [1.807, 2.05) is 30.3 Å². The van der Waals surface area contributed by atoms with Gasteiger partial charge in [0, 0.05) is 13.0 Å². The van der Waals surface area contributed by atoms with Crippen LogP contribution in [0.2, 0.25) is 0 Å². The van der Waals surface area contributed by atoms with Crippen LogP contribution in [0.1, 0.15) is 18.4 Å². The van der Waals surface area contributed by atoms with E-state index in [1.54, 1.807) is 0 Å². The summed E-state index contributed by atoms with van der Waals surface area (Å²) in [6.45, 7) is 0.182. The van der Waals surface area contributed by atoms with Crippen molar-refractivity contribution in [3.8, 4) is 0 Å². The maximum Gasteiger partial charge on any atom is 0.0721 e. The molecule has 0 aliphatic heterocycles. The highest BCUT2D eigenvalue weighted by atomic mass is 16.3. The molecule has 1 fully saturated rings. The molecule has 0 unspecified atom stereocenters. The molecule has 2 rings (SSSR count). The van der Waals surface area contributed by atoms with Crippen LogP contribution in [0.15, 0.2) is 30.3 Å². The second-order valence-corrected chi connectivity index (χ2v) is 4.18. The van der Waals surface area contributed by atoms with Gasteiger partial charge in [-0.1, -0.05) is 30.3 Å². The predicted molar refractivity (Wildman–Crippen MR) is 54.9 cm³/mol. The van der Waals surface area contributed by atoms with Crippen LogP contribution in [0.3, 0.4) is 0 Å². The van der Waals surface area contributed by atoms with Crippen LogP contribution >= 0.6 is 0 Å². The SMILES string of the molecule is OCC[C@H]1C[C@]1(O)Cc1ccccc1. The average molecular weight is 192 g/mol. The normalized spacial score (nSPS) is 30.3. The molecule has 0 spiro atoms. The first-order valence-corrected chi connectivity index (χ1v) is 5.12. The maximum absolute atomic E-state index is 10.1. The molecule has 0 heterocycles.